The van der Waals surface area contributed by atoms with Crippen molar-refractivity contribution in [2.75, 3.05) is 26.6 Å². The molecule has 0 unspecified atom stereocenters. The van der Waals surface area contributed by atoms with Gasteiger partial charge in [-0.2, -0.15) is 0 Å². The van der Waals surface area contributed by atoms with E-state index < -0.39 is 11.9 Å². The average molecular weight is 456 g/mol. The van der Waals surface area contributed by atoms with Crippen molar-refractivity contribution >= 4 is 34.1 Å². The first-order chi connectivity index (χ1) is 16.6. The van der Waals surface area contributed by atoms with E-state index in [4.69, 9.17) is 14.2 Å². The lowest BCUT2D eigenvalue weighted by molar-refractivity contribution is 0.0556. The summed E-state index contributed by atoms with van der Waals surface area (Å²) in [5.41, 5.74) is 3.57. The number of anilines is 2. The standard InChI is InChI=1S/C28H25NO5/c1-32-24-15-9-6-12-20(24)16-19-11-5-8-14-23(19)29-26-21-13-7-4-10-18(21)17-22(27(30)33-2)25(26)28(31)34-3/h4-15,17,29H,16H2,1-3H3. The number of ether oxygens (including phenoxy) is 3. The molecule has 1 N–H and O–H groups in total. The van der Waals surface area contributed by atoms with Gasteiger partial charge in [0.2, 0.25) is 0 Å². The minimum Gasteiger partial charge on any atom is -0.496 e. The molecule has 0 atom stereocenters. The van der Waals surface area contributed by atoms with Gasteiger partial charge in [-0.05, 0) is 34.7 Å². The summed E-state index contributed by atoms with van der Waals surface area (Å²) in [6, 6.07) is 24.9. The van der Waals surface area contributed by atoms with E-state index in [0.717, 1.165) is 33.3 Å². The zero-order valence-electron chi connectivity index (χ0n) is 19.3. The smallest absolute Gasteiger partial charge is 0.340 e. The Kier molecular flexibility index (Phi) is 6.78. The minimum atomic E-state index is -0.629. The van der Waals surface area contributed by atoms with Gasteiger partial charge in [-0.25, -0.2) is 9.59 Å². The van der Waals surface area contributed by atoms with Crippen LogP contribution in [0.3, 0.4) is 0 Å². The fourth-order valence-electron chi connectivity index (χ4n) is 4.05. The molecule has 4 aromatic rings. The third kappa shape index (κ3) is 4.43. The van der Waals surface area contributed by atoms with E-state index in [9.17, 15) is 9.59 Å². The lowest BCUT2D eigenvalue weighted by atomic mass is 9.96. The van der Waals surface area contributed by atoms with Gasteiger partial charge in [0.15, 0.2) is 0 Å². The van der Waals surface area contributed by atoms with E-state index in [1.807, 2.05) is 72.8 Å². The van der Waals surface area contributed by atoms with Gasteiger partial charge in [-0.15, -0.1) is 0 Å². The van der Waals surface area contributed by atoms with Crippen LogP contribution in [-0.2, 0) is 15.9 Å². The monoisotopic (exact) mass is 455 g/mol. The van der Waals surface area contributed by atoms with Gasteiger partial charge < -0.3 is 19.5 Å². The molecule has 0 amide bonds. The van der Waals surface area contributed by atoms with Crippen LogP contribution in [0.4, 0.5) is 11.4 Å². The maximum absolute atomic E-state index is 12.9. The lowest BCUT2D eigenvalue weighted by Crippen LogP contribution is -2.15. The summed E-state index contributed by atoms with van der Waals surface area (Å²) in [6.07, 6.45) is 0.607. The highest BCUT2D eigenvalue weighted by Gasteiger charge is 2.25. The van der Waals surface area contributed by atoms with Gasteiger partial charge in [0.25, 0.3) is 0 Å². The number of benzene rings is 4. The van der Waals surface area contributed by atoms with Gasteiger partial charge in [-0.3, -0.25) is 0 Å². The zero-order valence-corrected chi connectivity index (χ0v) is 19.3. The second-order valence-corrected chi connectivity index (χ2v) is 7.65. The molecule has 0 bridgehead atoms. The van der Waals surface area contributed by atoms with Gasteiger partial charge in [0, 0.05) is 17.5 Å². The number of nitrogens with one attached hydrogen (secondary N) is 1. The third-order valence-electron chi connectivity index (χ3n) is 5.69. The van der Waals surface area contributed by atoms with Crippen LogP contribution in [-0.4, -0.2) is 33.3 Å². The number of para-hydroxylation sites is 2. The molecule has 0 aliphatic heterocycles. The van der Waals surface area contributed by atoms with Crippen molar-refractivity contribution in [2.24, 2.45) is 0 Å². The molecule has 34 heavy (non-hydrogen) atoms. The second-order valence-electron chi connectivity index (χ2n) is 7.65. The molecule has 0 saturated carbocycles. The Morgan fingerprint density at radius 2 is 1.41 bits per heavy atom. The predicted molar refractivity (Wildman–Crippen MR) is 132 cm³/mol. The van der Waals surface area contributed by atoms with Crippen molar-refractivity contribution in [2.45, 2.75) is 6.42 Å². The van der Waals surface area contributed by atoms with E-state index in [1.165, 1.54) is 14.2 Å². The Morgan fingerprint density at radius 1 is 0.765 bits per heavy atom. The Bertz CT molecular complexity index is 1360. The topological polar surface area (TPSA) is 73.9 Å². The Morgan fingerprint density at radius 3 is 2.15 bits per heavy atom. The quantitative estimate of drug-likeness (QED) is 0.358. The van der Waals surface area contributed by atoms with Crippen LogP contribution < -0.4 is 10.1 Å². The van der Waals surface area contributed by atoms with E-state index in [2.05, 4.69) is 5.32 Å². The fourth-order valence-corrected chi connectivity index (χ4v) is 4.05. The maximum Gasteiger partial charge on any atom is 0.340 e. The van der Waals surface area contributed by atoms with Crippen molar-refractivity contribution < 1.29 is 23.8 Å². The summed E-state index contributed by atoms with van der Waals surface area (Å²) in [4.78, 5) is 25.5. The Labute approximate surface area is 198 Å². The molecule has 172 valence electrons. The molecule has 6 heteroatoms. The molecule has 0 aliphatic carbocycles. The number of fused-ring (bicyclic) bond motifs is 1. The summed E-state index contributed by atoms with van der Waals surface area (Å²) in [5.74, 6) is -0.446. The number of methoxy groups -OCH3 is 3. The molecule has 0 fully saturated rings. The highest BCUT2D eigenvalue weighted by molar-refractivity contribution is 6.15. The highest BCUT2D eigenvalue weighted by atomic mass is 16.5. The fraction of sp³-hybridized carbons (Fsp3) is 0.143. The first-order valence-electron chi connectivity index (χ1n) is 10.8. The Hall–Kier alpha value is -4.32. The van der Waals surface area contributed by atoms with Crippen LogP contribution >= 0.6 is 0 Å². The van der Waals surface area contributed by atoms with E-state index >= 15 is 0 Å². The molecule has 0 saturated heterocycles. The van der Waals surface area contributed by atoms with E-state index in [-0.39, 0.29) is 11.1 Å². The van der Waals surface area contributed by atoms with Crippen LogP contribution in [0, 0.1) is 0 Å². The SMILES string of the molecule is COC(=O)c1cc2ccccc2c(Nc2ccccc2Cc2ccccc2OC)c1C(=O)OC. The van der Waals surface area contributed by atoms with Crippen LogP contribution in [0.15, 0.2) is 78.9 Å². The molecule has 4 aromatic carbocycles. The van der Waals surface area contributed by atoms with Crippen molar-refractivity contribution in [1.82, 2.24) is 0 Å². The number of carbonyl (C=O) groups is 2. The van der Waals surface area contributed by atoms with Crippen LogP contribution in [0.25, 0.3) is 10.8 Å². The molecule has 6 nitrogen and oxygen atoms in total. The summed E-state index contributed by atoms with van der Waals surface area (Å²) in [5, 5.41) is 5.00. The normalized spacial score (nSPS) is 10.6. The second kappa shape index (κ2) is 10.1. The average Bonchev–Trinajstić information content (AvgIpc) is 2.88. The van der Waals surface area contributed by atoms with E-state index in [1.54, 1.807) is 13.2 Å². The van der Waals surface area contributed by atoms with Gasteiger partial charge in [0.1, 0.15) is 5.75 Å². The number of carbonyl (C=O) groups excluding carboxylic acids is 2. The molecule has 4 rings (SSSR count). The number of esters is 2. The number of hydrogen-bond acceptors (Lipinski definition) is 6. The number of hydrogen-bond donors (Lipinski definition) is 1. The summed E-state index contributed by atoms with van der Waals surface area (Å²) >= 11 is 0. The highest BCUT2D eigenvalue weighted by Crippen LogP contribution is 2.36. The van der Waals surface area contributed by atoms with E-state index in [0.29, 0.717) is 12.1 Å². The molecule has 0 aromatic heterocycles. The van der Waals surface area contributed by atoms with Crippen LogP contribution in [0.2, 0.25) is 0 Å². The molecular formula is C28H25NO5. The summed E-state index contributed by atoms with van der Waals surface area (Å²) in [6.45, 7) is 0. The predicted octanol–water partition coefficient (Wildman–Crippen LogP) is 5.76. The van der Waals surface area contributed by atoms with Crippen LogP contribution in [0.5, 0.6) is 5.75 Å². The summed E-state index contributed by atoms with van der Waals surface area (Å²) < 4.78 is 15.5. The van der Waals surface area contributed by atoms with Gasteiger partial charge in [-0.1, -0.05) is 60.7 Å². The minimum absolute atomic E-state index is 0.125. The zero-order chi connectivity index (χ0) is 24.1. The first-order valence-corrected chi connectivity index (χ1v) is 10.8. The summed E-state index contributed by atoms with van der Waals surface area (Å²) in [7, 11) is 4.22. The molecule has 0 radical (unpaired) electrons. The van der Waals surface area contributed by atoms with Crippen molar-refractivity contribution in [3.05, 3.63) is 101 Å². The van der Waals surface area contributed by atoms with Crippen molar-refractivity contribution in [3.8, 4) is 5.75 Å². The van der Waals surface area contributed by atoms with Crippen LogP contribution in [0.1, 0.15) is 31.8 Å². The number of rotatable bonds is 7. The lowest BCUT2D eigenvalue weighted by Gasteiger charge is -2.19. The largest absolute Gasteiger partial charge is 0.496 e. The van der Waals surface area contributed by atoms with Crippen molar-refractivity contribution in [1.29, 1.82) is 0 Å². The molecule has 0 spiro atoms. The first kappa shape index (κ1) is 22.9. The Balaban J connectivity index is 1.89. The van der Waals surface area contributed by atoms with Gasteiger partial charge >= 0.3 is 11.9 Å². The molecule has 0 aliphatic rings. The molecule has 0 heterocycles. The third-order valence-corrected chi connectivity index (χ3v) is 5.69. The maximum atomic E-state index is 12.9. The van der Waals surface area contributed by atoms with Gasteiger partial charge in [0.05, 0.1) is 38.1 Å². The molecular weight excluding hydrogens is 430 g/mol. The van der Waals surface area contributed by atoms with Crippen molar-refractivity contribution in [3.63, 3.8) is 0 Å².